The minimum absolute atomic E-state index is 0.0278. The van der Waals surface area contributed by atoms with E-state index < -0.39 is 0 Å². The van der Waals surface area contributed by atoms with Crippen molar-refractivity contribution >= 4 is 17.8 Å². The van der Waals surface area contributed by atoms with Crippen LogP contribution in [0, 0.1) is 0 Å². The number of amides is 2. The molecule has 2 heterocycles. The maximum absolute atomic E-state index is 12.2. The van der Waals surface area contributed by atoms with Crippen LogP contribution in [0.5, 0.6) is 0 Å². The summed E-state index contributed by atoms with van der Waals surface area (Å²) in [6.45, 7) is 7.34. The molecule has 8 heteroatoms. The van der Waals surface area contributed by atoms with Gasteiger partial charge in [0.05, 0.1) is 6.04 Å². The van der Waals surface area contributed by atoms with Crippen LogP contribution in [0.3, 0.4) is 0 Å². The molecule has 2 rings (SSSR count). The van der Waals surface area contributed by atoms with Gasteiger partial charge in [0.25, 0.3) is 0 Å². The SMILES string of the molecule is CCNC(=NCC(=O)N1CCCC1)NCCCN1CCCC1C(=O)N(C)C. The zero-order chi connectivity index (χ0) is 19.6. The van der Waals surface area contributed by atoms with Crippen molar-refractivity contribution in [1.82, 2.24) is 25.3 Å². The van der Waals surface area contributed by atoms with Crippen LogP contribution < -0.4 is 10.6 Å². The Balaban J connectivity index is 1.72. The minimum Gasteiger partial charge on any atom is -0.357 e. The van der Waals surface area contributed by atoms with Crippen LogP contribution in [0.4, 0.5) is 0 Å². The summed E-state index contributed by atoms with van der Waals surface area (Å²) in [5.41, 5.74) is 0. The van der Waals surface area contributed by atoms with E-state index in [0.29, 0.717) is 5.96 Å². The summed E-state index contributed by atoms with van der Waals surface area (Å²) in [6.07, 6.45) is 5.17. The average molecular weight is 381 g/mol. The van der Waals surface area contributed by atoms with Crippen LogP contribution in [0.2, 0.25) is 0 Å². The van der Waals surface area contributed by atoms with Gasteiger partial charge in [0.15, 0.2) is 5.96 Å². The number of hydrogen-bond donors (Lipinski definition) is 2. The third-order valence-corrected chi connectivity index (χ3v) is 5.18. The van der Waals surface area contributed by atoms with E-state index in [1.807, 2.05) is 25.9 Å². The van der Waals surface area contributed by atoms with Crippen LogP contribution in [0.15, 0.2) is 4.99 Å². The number of hydrogen-bond acceptors (Lipinski definition) is 4. The molecule has 0 aromatic rings. The number of rotatable bonds is 8. The molecule has 0 aliphatic carbocycles. The van der Waals surface area contributed by atoms with Crippen LogP contribution in [-0.2, 0) is 9.59 Å². The second kappa shape index (κ2) is 11.1. The Labute approximate surface area is 163 Å². The number of aliphatic imine (C=N–C) groups is 1. The van der Waals surface area contributed by atoms with Gasteiger partial charge in [0, 0.05) is 46.8 Å². The number of carbonyl (C=O) groups is 2. The first kappa shape index (κ1) is 21.5. The molecule has 154 valence electrons. The molecule has 0 aromatic carbocycles. The lowest BCUT2D eigenvalue weighted by molar-refractivity contribution is -0.133. The van der Waals surface area contributed by atoms with Crippen LogP contribution in [0.25, 0.3) is 0 Å². The molecule has 2 amide bonds. The van der Waals surface area contributed by atoms with Crippen LogP contribution in [0.1, 0.15) is 39.0 Å². The smallest absolute Gasteiger partial charge is 0.244 e. The maximum Gasteiger partial charge on any atom is 0.244 e. The van der Waals surface area contributed by atoms with E-state index in [0.717, 1.165) is 71.4 Å². The van der Waals surface area contributed by atoms with Gasteiger partial charge in [-0.2, -0.15) is 0 Å². The maximum atomic E-state index is 12.2. The Kier molecular flexibility index (Phi) is 8.84. The predicted molar refractivity (Wildman–Crippen MR) is 108 cm³/mol. The zero-order valence-electron chi connectivity index (χ0n) is 17.2. The summed E-state index contributed by atoms with van der Waals surface area (Å²) in [6, 6.07) is 0.0278. The van der Waals surface area contributed by atoms with E-state index in [1.54, 1.807) is 4.90 Å². The van der Waals surface area contributed by atoms with Crippen molar-refractivity contribution in [2.45, 2.75) is 45.1 Å². The number of guanidine groups is 1. The van der Waals surface area contributed by atoms with Gasteiger partial charge in [-0.05, 0) is 45.6 Å². The van der Waals surface area contributed by atoms with Crippen LogP contribution >= 0.6 is 0 Å². The fourth-order valence-electron chi connectivity index (χ4n) is 3.72. The summed E-state index contributed by atoms with van der Waals surface area (Å²) in [5, 5.41) is 6.50. The molecule has 2 aliphatic heterocycles. The number of likely N-dealkylation sites (N-methyl/N-ethyl adjacent to an activating group) is 1. The molecule has 0 bridgehead atoms. The lowest BCUT2D eigenvalue weighted by Gasteiger charge is -2.26. The van der Waals surface area contributed by atoms with Gasteiger partial charge in [-0.3, -0.25) is 14.5 Å². The highest BCUT2D eigenvalue weighted by atomic mass is 16.2. The molecule has 0 spiro atoms. The molecule has 2 saturated heterocycles. The standard InChI is InChI=1S/C19H36N6O2/c1-4-20-19(22-15-17(26)25-11-5-6-12-25)21-10-8-14-24-13-7-9-16(24)18(27)23(2)3/h16H,4-15H2,1-3H3,(H2,20,21,22). The van der Waals surface area contributed by atoms with Gasteiger partial charge in [-0.15, -0.1) is 0 Å². The van der Waals surface area contributed by atoms with E-state index in [2.05, 4.69) is 20.5 Å². The van der Waals surface area contributed by atoms with E-state index in [4.69, 9.17) is 0 Å². The van der Waals surface area contributed by atoms with Gasteiger partial charge in [0.1, 0.15) is 6.54 Å². The van der Waals surface area contributed by atoms with Crippen molar-refractivity contribution < 1.29 is 9.59 Å². The monoisotopic (exact) mass is 380 g/mol. The van der Waals surface area contributed by atoms with E-state index >= 15 is 0 Å². The van der Waals surface area contributed by atoms with Crippen molar-refractivity contribution in [2.75, 3.05) is 59.9 Å². The average Bonchev–Trinajstić information content (AvgIpc) is 3.33. The Morgan fingerprint density at radius 2 is 1.85 bits per heavy atom. The molecule has 1 atom stereocenters. The Morgan fingerprint density at radius 3 is 2.52 bits per heavy atom. The predicted octanol–water partition coefficient (Wildman–Crippen LogP) is 0.107. The first-order valence-corrected chi connectivity index (χ1v) is 10.3. The molecule has 27 heavy (non-hydrogen) atoms. The summed E-state index contributed by atoms with van der Waals surface area (Å²) in [5.74, 6) is 0.995. The topological polar surface area (TPSA) is 80.3 Å². The number of likely N-dealkylation sites (tertiary alicyclic amines) is 2. The Morgan fingerprint density at radius 1 is 1.11 bits per heavy atom. The van der Waals surface area contributed by atoms with Crippen molar-refractivity contribution in [2.24, 2.45) is 4.99 Å². The number of nitrogens with one attached hydrogen (secondary N) is 2. The van der Waals surface area contributed by atoms with Crippen molar-refractivity contribution in [3.8, 4) is 0 Å². The molecule has 1 unspecified atom stereocenters. The van der Waals surface area contributed by atoms with E-state index in [-0.39, 0.29) is 24.4 Å². The van der Waals surface area contributed by atoms with Gasteiger partial charge in [-0.25, -0.2) is 4.99 Å². The van der Waals surface area contributed by atoms with Gasteiger partial charge >= 0.3 is 0 Å². The van der Waals surface area contributed by atoms with Crippen molar-refractivity contribution in [1.29, 1.82) is 0 Å². The fourth-order valence-corrected chi connectivity index (χ4v) is 3.72. The quantitative estimate of drug-likeness (QED) is 0.355. The van der Waals surface area contributed by atoms with Gasteiger partial charge in [-0.1, -0.05) is 0 Å². The van der Waals surface area contributed by atoms with Crippen LogP contribution in [-0.4, -0.2) is 98.4 Å². The third-order valence-electron chi connectivity index (χ3n) is 5.18. The third kappa shape index (κ3) is 6.68. The lowest BCUT2D eigenvalue weighted by atomic mass is 10.2. The molecule has 0 saturated carbocycles. The highest BCUT2D eigenvalue weighted by Crippen LogP contribution is 2.18. The van der Waals surface area contributed by atoms with Gasteiger partial charge in [0.2, 0.25) is 11.8 Å². The molecule has 8 nitrogen and oxygen atoms in total. The summed E-state index contributed by atoms with van der Waals surface area (Å²) in [7, 11) is 3.64. The molecule has 0 radical (unpaired) electrons. The Bertz CT molecular complexity index is 516. The molecule has 2 fully saturated rings. The fraction of sp³-hybridized carbons (Fsp3) is 0.842. The largest absolute Gasteiger partial charge is 0.357 e. The lowest BCUT2D eigenvalue weighted by Crippen LogP contribution is -2.44. The highest BCUT2D eigenvalue weighted by Gasteiger charge is 2.30. The second-order valence-electron chi connectivity index (χ2n) is 7.49. The second-order valence-corrected chi connectivity index (χ2v) is 7.49. The van der Waals surface area contributed by atoms with Crippen molar-refractivity contribution in [3.05, 3.63) is 0 Å². The summed E-state index contributed by atoms with van der Waals surface area (Å²) in [4.78, 5) is 34.7. The molecule has 2 aliphatic rings. The zero-order valence-corrected chi connectivity index (χ0v) is 17.2. The highest BCUT2D eigenvalue weighted by molar-refractivity contribution is 5.85. The van der Waals surface area contributed by atoms with E-state index in [9.17, 15) is 9.59 Å². The van der Waals surface area contributed by atoms with Crippen molar-refractivity contribution in [3.63, 3.8) is 0 Å². The summed E-state index contributed by atoms with van der Waals surface area (Å²) < 4.78 is 0. The minimum atomic E-state index is 0.0278. The normalized spacial score (nSPS) is 20.8. The first-order valence-electron chi connectivity index (χ1n) is 10.3. The van der Waals surface area contributed by atoms with E-state index in [1.165, 1.54) is 0 Å². The Hall–Kier alpha value is -1.83. The molecular weight excluding hydrogens is 344 g/mol. The molecular formula is C19H36N6O2. The molecule has 2 N–H and O–H groups in total. The summed E-state index contributed by atoms with van der Waals surface area (Å²) >= 11 is 0. The first-order chi connectivity index (χ1) is 13.0. The van der Waals surface area contributed by atoms with Gasteiger partial charge < -0.3 is 20.4 Å². The molecule has 0 aromatic heterocycles. The number of carbonyl (C=O) groups excluding carboxylic acids is 2. The number of nitrogens with zero attached hydrogens (tertiary/aromatic N) is 4.